The number of aryl methyl sites for hydroxylation is 1. The second-order valence-corrected chi connectivity index (χ2v) is 4.42. The molecule has 0 aliphatic rings. The summed E-state index contributed by atoms with van der Waals surface area (Å²) in [5, 5.41) is 20.6. The fraction of sp³-hybridized carbons (Fsp3) is 0.385. The Kier molecular flexibility index (Phi) is 3.89. The molecule has 100 valence electrons. The lowest BCUT2D eigenvalue weighted by atomic mass is 10.1. The summed E-state index contributed by atoms with van der Waals surface area (Å²) in [6, 6.07) is 7.54. The largest absolute Gasteiger partial charge is 0.481 e. The molecule has 0 radical (unpaired) electrons. The first kappa shape index (κ1) is 13.2. The minimum Gasteiger partial charge on any atom is -0.481 e. The predicted molar refractivity (Wildman–Crippen MR) is 69.6 cm³/mol. The van der Waals surface area contributed by atoms with Gasteiger partial charge in [-0.15, -0.1) is 5.10 Å². The van der Waals surface area contributed by atoms with Crippen LogP contribution in [0.25, 0.3) is 11.4 Å². The first-order valence-electron chi connectivity index (χ1n) is 6.19. The van der Waals surface area contributed by atoms with Gasteiger partial charge in [0.15, 0.2) is 5.82 Å². The van der Waals surface area contributed by atoms with Gasteiger partial charge in [0.25, 0.3) is 0 Å². The van der Waals surface area contributed by atoms with Crippen molar-refractivity contribution in [3.63, 3.8) is 0 Å². The lowest BCUT2D eigenvalue weighted by molar-refractivity contribution is -0.138. The standard InChI is InChI=1S/C13H16N4O2/c1-3-10(8-12(18)19)17-13(14-15-16-17)11-7-5-4-6-9(11)2/h4-7,10H,3,8H2,1-2H3,(H,18,19). The van der Waals surface area contributed by atoms with Crippen molar-refractivity contribution >= 4 is 5.97 Å². The molecule has 1 heterocycles. The Morgan fingerprint density at radius 3 is 2.79 bits per heavy atom. The fourth-order valence-electron chi connectivity index (χ4n) is 2.05. The van der Waals surface area contributed by atoms with Crippen molar-refractivity contribution in [2.45, 2.75) is 32.7 Å². The van der Waals surface area contributed by atoms with Crippen LogP contribution in [0, 0.1) is 6.92 Å². The second-order valence-electron chi connectivity index (χ2n) is 4.42. The molecule has 1 unspecified atom stereocenters. The minimum absolute atomic E-state index is 0.0143. The van der Waals surface area contributed by atoms with Gasteiger partial charge < -0.3 is 5.11 Å². The van der Waals surface area contributed by atoms with Crippen molar-refractivity contribution in [2.75, 3.05) is 0 Å². The molecule has 2 rings (SSSR count). The number of carboxylic acid groups (broad SMARTS) is 1. The number of tetrazole rings is 1. The van der Waals surface area contributed by atoms with E-state index in [0.717, 1.165) is 11.1 Å². The van der Waals surface area contributed by atoms with Crippen molar-refractivity contribution in [2.24, 2.45) is 0 Å². The lowest BCUT2D eigenvalue weighted by Crippen LogP contribution is -2.15. The molecule has 0 bridgehead atoms. The number of hydrogen-bond donors (Lipinski definition) is 1. The first-order valence-corrected chi connectivity index (χ1v) is 6.19. The van der Waals surface area contributed by atoms with Crippen molar-refractivity contribution in [3.05, 3.63) is 29.8 Å². The third-order valence-electron chi connectivity index (χ3n) is 3.11. The van der Waals surface area contributed by atoms with Gasteiger partial charge in [-0.25, -0.2) is 4.68 Å². The molecule has 0 amide bonds. The van der Waals surface area contributed by atoms with E-state index >= 15 is 0 Å². The third kappa shape index (κ3) is 2.78. The molecule has 6 nitrogen and oxygen atoms in total. The molecule has 19 heavy (non-hydrogen) atoms. The van der Waals surface area contributed by atoms with E-state index in [1.165, 1.54) is 0 Å². The van der Waals surface area contributed by atoms with E-state index in [9.17, 15) is 4.79 Å². The van der Waals surface area contributed by atoms with Crippen LogP contribution in [0.5, 0.6) is 0 Å². The molecule has 0 saturated heterocycles. The van der Waals surface area contributed by atoms with Gasteiger partial charge >= 0.3 is 5.97 Å². The van der Waals surface area contributed by atoms with E-state index in [2.05, 4.69) is 15.5 Å². The Labute approximate surface area is 111 Å². The number of carbonyl (C=O) groups is 1. The van der Waals surface area contributed by atoms with Gasteiger partial charge in [-0.3, -0.25) is 4.79 Å². The van der Waals surface area contributed by atoms with Crippen LogP contribution in [0.15, 0.2) is 24.3 Å². The highest BCUT2D eigenvalue weighted by atomic mass is 16.4. The van der Waals surface area contributed by atoms with Crippen LogP contribution in [0.4, 0.5) is 0 Å². The molecule has 1 N–H and O–H groups in total. The van der Waals surface area contributed by atoms with Crippen molar-refractivity contribution in [1.29, 1.82) is 0 Å². The number of aromatic nitrogens is 4. The minimum atomic E-state index is -0.849. The Morgan fingerprint density at radius 1 is 1.42 bits per heavy atom. The van der Waals surface area contributed by atoms with Gasteiger partial charge in [0.2, 0.25) is 0 Å². The number of benzene rings is 1. The summed E-state index contributed by atoms with van der Waals surface area (Å²) in [4.78, 5) is 10.9. The van der Waals surface area contributed by atoms with E-state index in [1.807, 2.05) is 38.1 Å². The van der Waals surface area contributed by atoms with Crippen molar-refractivity contribution in [3.8, 4) is 11.4 Å². The Morgan fingerprint density at radius 2 is 2.16 bits per heavy atom. The van der Waals surface area contributed by atoms with Gasteiger partial charge in [-0.05, 0) is 29.3 Å². The zero-order chi connectivity index (χ0) is 13.8. The van der Waals surface area contributed by atoms with Gasteiger partial charge in [0, 0.05) is 5.56 Å². The van der Waals surface area contributed by atoms with Crippen LogP contribution in [-0.2, 0) is 4.79 Å². The van der Waals surface area contributed by atoms with Gasteiger partial charge in [0.1, 0.15) is 0 Å². The Hall–Kier alpha value is -2.24. The quantitative estimate of drug-likeness (QED) is 0.890. The summed E-state index contributed by atoms with van der Waals surface area (Å²) in [5.41, 5.74) is 1.99. The highest BCUT2D eigenvalue weighted by molar-refractivity contribution is 5.67. The summed E-state index contributed by atoms with van der Waals surface area (Å²) < 4.78 is 1.61. The molecule has 1 atom stereocenters. The van der Waals surface area contributed by atoms with Crippen molar-refractivity contribution in [1.82, 2.24) is 20.2 Å². The summed E-state index contributed by atoms with van der Waals surface area (Å²) >= 11 is 0. The molecule has 1 aromatic heterocycles. The third-order valence-corrected chi connectivity index (χ3v) is 3.11. The summed E-state index contributed by atoms with van der Waals surface area (Å²) in [6.45, 7) is 3.91. The Balaban J connectivity index is 2.42. The topological polar surface area (TPSA) is 80.9 Å². The summed E-state index contributed by atoms with van der Waals surface area (Å²) in [7, 11) is 0. The van der Waals surface area contributed by atoms with Gasteiger partial charge in [-0.2, -0.15) is 0 Å². The number of rotatable bonds is 5. The van der Waals surface area contributed by atoms with Crippen LogP contribution in [0.3, 0.4) is 0 Å². The number of carboxylic acids is 1. The highest BCUT2D eigenvalue weighted by Crippen LogP contribution is 2.25. The van der Waals surface area contributed by atoms with Crippen LogP contribution >= 0.6 is 0 Å². The van der Waals surface area contributed by atoms with E-state index in [1.54, 1.807) is 4.68 Å². The molecule has 2 aromatic rings. The fourth-order valence-corrected chi connectivity index (χ4v) is 2.05. The van der Waals surface area contributed by atoms with E-state index in [-0.39, 0.29) is 12.5 Å². The average Bonchev–Trinajstić information content (AvgIpc) is 2.85. The molecule has 0 aliphatic carbocycles. The maximum Gasteiger partial charge on any atom is 0.305 e. The maximum absolute atomic E-state index is 10.9. The van der Waals surface area contributed by atoms with E-state index in [0.29, 0.717) is 12.2 Å². The first-order chi connectivity index (χ1) is 9.13. The SMILES string of the molecule is CCC(CC(=O)O)n1nnnc1-c1ccccc1C. The van der Waals surface area contributed by atoms with E-state index in [4.69, 9.17) is 5.11 Å². The molecular weight excluding hydrogens is 244 g/mol. The molecule has 0 spiro atoms. The number of nitrogens with zero attached hydrogens (tertiary/aromatic N) is 4. The van der Waals surface area contributed by atoms with Crippen molar-refractivity contribution < 1.29 is 9.90 Å². The Bertz CT molecular complexity index is 580. The summed E-state index contributed by atoms with van der Waals surface area (Å²) in [6.07, 6.45) is 0.677. The van der Waals surface area contributed by atoms with E-state index < -0.39 is 5.97 Å². The van der Waals surface area contributed by atoms with Crippen LogP contribution < -0.4 is 0 Å². The van der Waals surface area contributed by atoms with Crippen LogP contribution in [-0.4, -0.2) is 31.3 Å². The molecule has 0 aliphatic heterocycles. The van der Waals surface area contributed by atoms with Crippen LogP contribution in [0.1, 0.15) is 31.4 Å². The molecule has 6 heteroatoms. The zero-order valence-electron chi connectivity index (χ0n) is 10.9. The van der Waals surface area contributed by atoms with Gasteiger partial charge in [-0.1, -0.05) is 31.2 Å². The molecule has 0 fully saturated rings. The normalized spacial score (nSPS) is 12.3. The monoisotopic (exact) mass is 260 g/mol. The molecule has 1 aromatic carbocycles. The van der Waals surface area contributed by atoms with Gasteiger partial charge in [0.05, 0.1) is 12.5 Å². The maximum atomic E-state index is 10.9. The highest BCUT2D eigenvalue weighted by Gasteiger charge is 2.20. The molecule has 0 saturated carbocycles. The second kappa shape index (κ2) is 5.60. The predicted octanol–water partition coefficient (Wildman–Crippen LogP) is 2.07. The number of aliphatic carboxylic acids is 1. The smallest absolute Gasteiger partial charge is 0.305 e. The zero-order valence-corrected chi connectivity index (χ0v) is 10.9. The molecular formula is C13H16N4O2. The van der Waals surface area contributed by atoms with Crippen LogP contribution in [0.2, 0.25) is 0 Å². The number of hydrogen-bond acceptors (Lipinski definition) is 4. The lowest BCUT2D eigenvalue weighted by Gasteiger charge is -2.15. The average molecular weight is 260 g/mol. The summed E-state index contributed by atoms with van der Waals surface area (Å²) in [5.74, 6) is -0.232.